The Kier molecular flexibility index (Phi) is 5.00. The normalized spacial score (nSPS) is 12.6. The van der Waals surface area contributed by atoms with Crippen LogP contribution in [0.5, 0.6) is 5.75 Å². The summed E-state index contributed by atoms with van der Waals surface area (Å²) in [6, 6.07) is 6.65. The number of nitrogens with one attached hydrogen (secondary N) is 1. The lowest BCUT2D eigenvalue weighted by atomic mass is 10.1. The Hall–Kier alpha value is -2.02. The number of hydrogen-bond donors (Lipinski definition) is 1. The van der Waals surface area contributed by atoms with Crippen LogP contribution in [0, 0.1) is 0 Å². The van der Waals surface area contributed by atoms with E-state index in [-0.39, 0.29) is 11.8 Å². The van der Waals surface area contributed by atoms with Crippen molar-refractivity contribution >= 4 is 0 Å². The van der Waals surface area contributed by atoms with Gasteiger partial charge in [-0.1, -0.05) is 17.3 Å². The quantitative estimate of drug-likeness (QED) is 0.846. The summed E-state index contributed by atoms with van der Waals surface area (Å²) >= 11 is 0. The zero-order valence-corrected chi connectivity index (χ0v) is 10.9. The first-order valence-electron chi connectivity index (χ1n) is 6.18. The fourth-order valence-corrected chi connectivity index (χ4v) is 1.76. The van der Waals surface area contributed by atoms with Gasteiger partial charge in [0, 0.05) is 19.0 Å². The van der Waals surface area contributed by atoms with E-state index in [0.29, 0.717) is 18.8 Å². The molecule has 108 valence electrons. The molecule has 20 heavy (non-hydrogen) atoms. The van der Waals surface area contributed by atoms with E-state index in [0.717, 1.165) is 5.56 Å². The van der Waals surface area contributed by atoms with Crippen molar-refractivity contribution < 1.29 is 18.0 Å². The van der Waals surface area contributed by atoms with Crippen LogP contribution in [0.2, 0.25) is 0 Å². The van der Waals surface area contributed by atoms with Crippen molar-refractivity contribution in [3.05, 3.63) is 42.0 Å². The van der Waals surface area contributed by atoms with Crippen molar-refractivity contribution in [1.82, 2.24) is 15.5 Å². The summed E-state index contributed by atoms with van der Waals surface area (Å²) in [6.07, 6.45) is 1.95. The molecule has 0 saturated heterocycles. The molecule has 1 unspecified atom stereocenters. The Morgan fingerprint density at radius 1 is 1.30 bits per heavy atom. The first-order chi connectivity index (χ1) is 9.65. The molecule has 0 aliphatic carbocycles. The number of halogens is 2. The van der Waals surface area contributed by atoms with Crippen molar-refractivity contribution in [2.45, 2.75) is 26.0 Å². The van der Waals surface area contributed by atoms with Crippen molar-refractivity contribution in [2.75, 3.05) is 6.54 Å². The highest BCUT2D eigenvalue weighted by molar-refractivity contribution is 5.28. The van der Waals surface area contributed by atoms with Gasteiger partial charge in [0.05, 0.1) is 0 Å². The maximum absolute atomic E-state index is 12.0. The van der Waals surface area contributed by atoms with Crippen molar-refractivity contribution in [2.24, 2.45) is 0 Å². The molecule has 2 aromatic rings. The van der Waals surface area contributed by atoms with Crippen LogP contribution in [0.25, 0.3) is 0 Å². The van der Waals surface area contributed by atoms with Crippen LogP contribution >= 0.6 is 0 Å². The van der Waals surface area contributed by atoms with Gasteiger partial charge in [-0.2, -0.15) is 13.8 Å². The van der Waals surface area contributed by atoms with E-state index >= 15 is 0 Å². The molecule has 0 saturated carbocycles. The Balaban J connectivity index is 1.81. The second-order valence-corrected chi connectivity index (χ2v) is 4.22. The lowest BCUT2D eigenvalue weighted by Crippen LogP contribution is -2.21. The molecule has 0 spiro atoms. The fraction of sp³-hybridized carbons (Fsp3) is 0.385. The molecule has 1 atom stereocenters. The summed E-state index contributed by atoms with van der Waals surface area (Å²) in [7, 11) is 0. The lowest BCUT2D eigenvalue weighted by Gasteiger charge is -2.14. The minimum absolute atomic E-state index is 0.0856. The highest BCUT2D eigenvalue weighted by Gasteiger charge is 2.08. The van der Waals surface area contributed by atoms with Gasteiger partial charge in [0.2, 0.25) is 6.39 Å². The number of alkyl halides is 2. The van der Waals surface area contributed by atoms with Crippen molar-refractivity contribution in [3.8, 4) is 5.75 Å². The highest BCUT2D eigenvalue weighted by atomic mass is 19.3. The topological polar surface area (TPSA) is 60.2 Å². The maximum atomic E-state index is 12.0. The summed E-state index contributed by atoms with van der Waals surface area (Å²) in [5.74, 6) is 0.799. The van der Waals surface area contributed by atoms with Gasteiger partial charge in [0.1, 0.15) is 5.75 Å². The summed E-state index contributed by atoms with van der Waals surface area (Å²) in [4.78, 5) is 3.92. The van der Waals surface area contributed by atoms with Gasteiger partial charge in [-0.15, -0.1) is 0 Å². The summed E-state index contributed by atoms with van der Waals surface area (Å²) in [5, 5.41) is 7.00. The molecule has 7 heteroatoms. The average Bonchev–Trinajstić information content (AvgIpc) is 2.92. The second-order valence-electron chi connectivity index (χ2n) is 4.22. The molecule has 0 radical (unpaired) electrons. The zero-order chi connectivity index (χ0) is 14.4. The second kappa shape index (κ2) is 6.95. The fourth-order valence-electron chi connectivity index (χ4n) is 1.76. The molecule has 0 aliphatic heterocycles. The first kappa shape index (κ1) is 14.4. The van der Waals surface area contributed by atoms with E-state index in [4.69, 9.17) is 0 Å². The Morgan fingerprint density at radius 3 is 2.65 bits per heavy atom. The molecule has 0 bridgehead atoms. The van der Waals surface area contributed by atoms with Crippen LogP contribution < -0.4 is 10.1 Å². The third-order valence-corrected chi connectivity index (χ3v) is 2.81. The molecule has 0 aliphatic rings. The van der Waals surface area contributed by atoms with E-state index in [1.54, 1.807) is 12.1 Å². The lowest BCUT2D eigenvalue weighted by molar-refractivity contribution is -0.0498. The molecular formula is C13H15F2N3O2. The Bertz CT molecular complexity index is 503. The smallest absolute Gasteiger partial charge is 0.387 e. The molecule has 0 fully saturated rings. The summed E-state index contributed by atoms with van der Waals surface area (Å²) in [5.41, 5.74) is 0.986. The Morgan fingerprint density at radius 2 is 2.05 bits per heavy atom. The van der Waals surface area contributed by atoms with Gasteiger partial charge in [0.25, 0.3) is 0 Å². The van der Waals surface area contributed by atoms with Crippen LogP contribution in [0.1, 0.15) is 24.4 Å². The molecule has 1 heterocycles. The minimum Gasteiger partial charge on any atom is -0.435 e. The van der Waals surface area contributed by atoms with Crippen LogP contribution in [-0.4, -0.2) is 23.3 Å². The van der Waals surface area contributed by atoms with Gasteiger partial charge in [0.15, 0.2) is 5.82 Å². The number of rotatable bonds is 7. The molecular weight excluding hydrogens is 268 g/mol. The average molecular weight is 283 g/mol. The predicted molar refractivity (Wildman–Crippen MR) is 67.5 cm³/mol. The van der Waals surface area contributed by atoms with Crippen LogP contribution in [0.3, 0.4) is 0 Å². The number of hydrogen-bond acceptors (Lipinski definition) is 5. The molecule has 1 aromatic heterocycles. The zero-order valence-electron chi connectivity index (χ0n) is 10.9. The predicted octanol–water partition coefficient (Wildman–Crippen LogP) is 2.56. The molecule has 5 nitrogen and oxygen atoms in total. The monoisotopic (exact) mass is 283 g/mol. The van der Waals surface area contributed by atoms with Gasteiger partial charge >= 0.3 is 6.61 Å². The van der Waals surface area contributed by atoms with E-state index in [1.807, 2.05) is 6.92 Å². The van der Waals surface area contributed by atoms with E-state index in [1.165, 1.54) is 18.5 Å². The minimum atomic E-state index is -2.80. The maximum Gasteiger partial charge on any atom is 0.387 e. The summed E-state index contributed by atoms with van der Waals surface area (Å²) in [6.45, 7) is -0.124. The van der Waals surface area contributed by atoms with E-state index < -0.39 is 6.61 Å². The first-order valence-corrected chi connectivity index (χ1v) is 6.18. The highest BCUT2D eigenvalue weighted by Crippen LogP contribution is 2.19. The van der Waals surface area contributed by atoms with Crippen molar-refractivity contribution in [1.29, 1.82) is 0 Å². The van der Waals surface area contributed by atoms with Gasteiger partial charge in [-0.25, -0.2) is 0 Å². The molecule has 1 N–H and O–H groups in total. The standard InChI is InChI=1S/C13H15F2N3O2/c1-9(16-7-6-12-17-8-19-18-12)10-2-4-11(5-3-10)20-13(14)15/h2-5,8-9,13,16H,6-7H2,1H3. The summed E-state index contributed by atoms with van der Waals surface area (Å²) < 4.78 is 33.0. The molecule has 0 amide bonds. The third-order valence-electron chi connectivity index (χ3n) is 2.81. The van der Waals surface area contributed by atoms with Gasteiger partial charge in [-0.05, 0) is 24.6 Å². The molecule has 1 aromatic carbocycles. The Labute approximate surface area is 114 Å². The number of ether oxygens (including phenoxy) is 1. The van der Waals surface area contributed by atoms with E-state index in [9.17, 15) is 8.78 Å². The van der Waals surface area contributed by atoms with Crippen LogP contribution in [-0.2, 0) is 6.42 Å². The largest absolute Gasteiger partial charge is 0.435 e. The van der Waals surface area contributed by atoms with Gasteiger partial charge in [-0.3, -0.25) is 0 Å². The van der Waals surface area contributed by atoms with Crippen LogP contribution in [0.4, 0.5) is 8.78 Å². The third kappa shape index (κ3) is 4.27. The SMILES string of the molecule is CC(NCCc1ncon1)c1ccc(OC(F)F)cc1. The molecule has 2 rings (SSSR count). The number of aromatic nitrogens is 2. The van der Waals surface area contributed by atoms with Crippen LogP contribution in [0.15, 0.2) is 35.2 Å². The van der Waals surface area contributed by atoms with Gasteiger partial charge < -0.3 is 14.6 Å². The van der Waals surface area contributed by atoms with Crippen molar-refractivity contribution in [3.63, 3.8) is 0 Å². The van der Waals surface area contributed by atoms with E-state index in [2.05, 4.69) is 24.7 Å². The number of benzene rings is 1. The number of nitrogens with zero attached hydrogens (tertiary/aromatic N) is 2.